The molecule has 2 N–H and O–H groups in total. The van der Waals surface area contributed by atoms with Crippen LogP contribution in [0.4, 0.5) is 8.78 Å². The molecule has 0 amide bonds. The van der Waals surface area contributed by atoms with Crippen LogP contribution in [-0.2, 0) is 9.47 Å². The number of aliphatic hydroxyl groups excluding tert-OH is 2. The minimum atomic E-state index is -3.37. The molecule has 1 aliphatic heterocycles. The Kier molecular flexibility index (Phi) is 3.55. The Morgan fingerprint density at radius 3 is 2.38 bits per heavy atom. The summed E-state index contributed by atoms with van der Waals surface area (Å²) in [4.78, 5) is 0. The zero-order valence-corrected chi connectivity index (χ0v) is 6.95. The molecule has 1 aliphatic rings. The van der Waals surface area contributed by atoms with Crippen molar-refractivity contribution in [2.45, 2.75) is 24.7 Å². The molecule has 0 aromatic rings. The lowest BCUT2D eigenvalue weighted by molar-refractivity contribution is -0.174. The zero-order valence-electron chi connectivity index (χ0n) is 6.95. The summed E-state index contributed by atoms with van der Waals surface area (Å²) in [5, 5.41) is 17.1. The van der Waals surface area contributed by atoms with E-state index in [1.165, 1.54) is 0 Å². The summed E-state index contributed by atoms with van der Waals surface area (Å²) >= 11 is 0. The van der Waals surface area contributed by atoms with Gasteiger partial charge in [-0.25, -0.2) is 8.78 Å². The van der Waals surface area contributed by atoms with Crippen molar-refractivity contribution in [1.82, 2.24) is 0 Å². The fourth-order valence-corrected chi connectivity index (χ4v) is 1.02. The number of hydrogen-bond donors (Lipinski definition) is 2. The Balaban J connectivity index is 2.40. The highest BCUT2D eigenvalue weighted by Crippen LogP contribution is 2.27. The molecule has 1 rings (SSSR count). The van der Waals surface area contributed by atoms with Gasteiger partial charge >= 0.3 is 0 Å². The Morgan fingerprint density at radius 1 is 1.38 bits per heavy atom. The molecular formula is C7H12F2O4. The summed E-state index contributed by atoms with van der Waals surface area (Å²) in [5.74, 6) is -3.37. The number of alkyl halides is 2. The third-order valence-corrected chi connectivity index (χ3v) is 1.79. The van der Waals surface area contributed by atoms with Gasteiger partial charge in [0.25, 0.3) is 5.92 Å². The summed E-state index contributed by atoms with van der Waals surface area (Å²) in [5.41, 5.74) is 0. The quantitative estimate of drug-likeness (QED) is 0.653. The number of ether oxygens (including phenoxy) is 2. The smallest absolute Gasteiger partial charge is 0.280 e. The molecule has 0 aromatic heterocycles. The maximum atomic E-state index is 12.9. The first-order chi connectivity index (χ1) is 6.06. The van der Waals surface area contributed by atoms with Gasteiger partial charge in [0, 0.05) is 0 Å². The van der Waals surface area contributed by atoms with Crippen molar-refractivity contribution >= 4 is 0 Å². The summed E-state index contributed by atoms with van der Waals surface area (Å²) < 4.78 is 35.4. The van der Waals surface area contributed by atoms with E-state index in [0.717, 1.165) is 0 Å². The minimum absolute atomic E-state index is 0.288. The maximum absolute atomic E-state index is 12.9. The molecule has 1 atom stereocenters. The largest absolute Gasteiger partial charge is 0.393 e. The number of rotatable bonds is 4. The van der Waals surface area contributed by atoms with Gasteiger partial charge in [-0.15, -0.1) is 0 Å². The van der Waals surface area contributed by atoms with Crippen LogP contribution in [0.1, 0.15) is 6.42 Å². The minimum Gasteiger partial charge on any atom is -0.393 e. The van der Waals surface area contributed by atoms with Crippen LogP contribution < -0.4 is 0 Å². The molecule has 78 valence electrons. The summed E-state index contributed by atoms with van der Waals surface area (Å²) in [6.07, 6.45) is -3.76. The van der Waals surface area contributed by atoms with E-state index in [4.69, 9.17) is 19.7 Å². The van der Waals surface area contributed by atoms with Gasteiger partial charge in [-0.05, 0) is 0 Å². The average Bonchev–Trinajstić information content (AvgIpc) is 2.54. The van der Waals surface area contributed by atoms with Crippen molar-refractivity contribution in [3.63, 3.8) is 0 Å². The maximum Gasteiger partial charge on any atom is 0.280 e. The molecule has 1 saturated heterocycles. The van der Waals surface area contributed by atoms with Crippen LogP contribution in [0.2, 0.25) is 0 Å². The van der Waals surface area contributed by atoms with E-state index in [1.54, 1.807) is 0 Å². The van der Waals surface area contributed by atoms with Gasteiger partial charge in [0.2, 0.25) is 0 Å². The molecule has 13 heavy (non-hydrogen) atoms. The number of halogens is 2. The van der Waals surface area contributed by atoms with Crippen molar-refractivity contribution in [1.29, 1.82) is 0 Å². The van der Waals surface area contributed by atoms with E-state index in [9.17, 15) is 8.78 Å². The lowest BCUT2D eigenvalue weighted by Gasteiger charge is -2.22. The van der Waals surface area contributed by atoms with Crippen molar-refractivity contribution in [2.24, 2.45) is 0 Å². The highest BCUT2D eigenvalue weighted by atomic mass is 19.3. The first kappa shape index (κ1) is 10.8. The van der Waals surface area contributed by atoms with Crippen LogP contribution in [0.5, 0.6) is 0 Å². The highest BCUT2D eigenvalue weighted by molar-refractivity contribution is 4.77. The summed E-state index contributed by atoms with van der Waals surface area (Å²) in [7, 11) is 0. The van der Waals surface area contributed by atoms with Gasteiger partial charge in [0.15, 0.2) is 6.29 Å². The van der Waals surface area contributed by atoms with Crippen LogP contribution in [0.25, 0.3) is 0 Å². The van der Waals surface area contributed by atoms with E-state index < -0.39 is 31.3 Å². The fourth-order valence-electron chi connectivity index (χ4n) is 1.02. The Morgan fingerprint density at radius 2 is 1.92 bits per heavy atom. The average molecular weight is 198 g/mol. The van der Waals surface area contributed by atoms with Crippen LogP contribution >= 0.6 is 0 Å². The second kappa shape index (κ2) is 4.28. The van der Waals surface area contributed by atoms with Gasteiger partial charge in [-0.3, -0.25) is 0 Å². The SMILES string of the molecule is OC[C@@H](O)C(F)(F)CC1OCCO1. The first-order valence-corrected chi connectivity index (χ1v) is 3.96. The molecule has 0 saturated carbocycles. The van der Waals surface area contributed by atoms with Crippen molar-refractivity contribution < 1.29 is 28.5 Å². The Labute approximate surface area is 74.1 Å². The van der Waals surface area contributed by atoms with Gasteiger partial charge in [-0.2, -0.15) is 0 Å². The van der Waals surface area contributed by atoms with E-state index >= 15 is 0 Å². The standard InChI is InChI=1S/C7H12F2O4/c8-7(9,5(11)4-10)3-6-12-1-2-13-6/h5-6,10-11H,1-4H2/t5-/m1/s1. The molecule has 0 aliphatic carbocycles. The van der Waals surface area contributed by atoms with Crippen LogP contribution in [0.15, 0.2) is 0 Å². The van der Waals surface area contributed by atoms with Crippen LogP contribution in [-0.4, -0.2) is 48.4 Å². The molecule has 6 heteroatoms. The molecule has 1 heterocycles. The molecule has 0 aromatic carbocycles. The van der Waals surface area contributed by atoms with Gasteiger partial charge in [-0.1, -0.05) is 0 Å². The van der Waals surface area contributed by atoms with Crippen molar-refractivity contribution in [3.8, 4) is 0 Å². The van der Waals surface area contributed by atoms with Crippen molar-refractivity contribution in [2.75, 3.05) is 19.8 Å². The normalized spacial score (nSPS) is 22.2. The Hall–Kier alpha value is -0.300. The second-order valence-electron chi connectivity index (χ2n) is 2.83. The first-order valence-electron chi connectivity index (χ1n) is 3.96. The molecule has 1 fully saturated rings. The Bertz CT molecular complexity index is 159. The van der Waals surface area contributed by atoms with Gasteiger partial charge in [0.1, 0.15) is 6.10 Å². The monoisotopic (exact) mass is 198 g/mol. The van der Waals surface area contributed by atoms with Crippen LogP contribution in [0.3, 0.4) is 0 Å². The van der Waals surface area contributed by atoms with E-state index in [2.05, 4.69) is 0 Å². The molecule has 0 unspecified atom stereocenters. The van der Waals surface area contributed by atoms with Crippen LogP contribution in [0, 0.1) is 0 Å². The van der Waals surface area contributed by atoms with Gasteiger partial charge in [0.05, 0.1) is 26.2 Å². The molecule has 0 radical (unpaired) electrons. The number of aliphatic hydroxyl groups is 2. The van der Waals surface area contributed by atoms with E-state index in [1.807, 2.05) is 0 Å². The molecule has 0 bridgehead atoms. The van der Waals surface area contributed by atoms with E-state index in [0.29, 0.717) is 0 Å². The third-order valence-electron chi connectivity index (χ3n) is 1.79. The lowest BCUT2D eigenvalue weighted by atomic mass is 10.1. The predicted octanol–water partition coefficient (Wildman–Crippen LogP) is -0.262. The topological polar surface area (TPSA) is 58.9 Å². The fraction of sp³-hybridized carbons (Fsp3) is 1.00. The predicted molar refractivity (Wildman–Crippen MR) is 38.3 cm³/mol. The third kappa shape index (κ3) is 2.84. The second-order valence-corrected chi connectivity index (χ2v) is 2.83. The van der Waals surface area contributed by atoms with E-state index in [-0.39, 0.29) is 13.2 Å². The van der Waals surface area contributed by atoms with Gasteiger partial charge < -0.3 is 19.7 Å². The highest BCUT2D eigenvalue weighted by Gasteiger charge is 2.41. The van der Waals surface area contributed by atoms with Crippen molar-refractivity contribution in [3.05, 3.63) is 0 Å². The molecular weight excluding hydrogens is 186 g/mol. The molecule has 4 nitrogen and oxygen atoms in total. The molecule has 0 spiro atoms. The number of hydrogen-bond acceptors (Lipinski definition) is 4. The summed E-state index contributed by atoms with van der Waals surface area (Å²) in [6, 6.07) is 0. The zero-order chi connectivity index (χ0) is 9.90. The lowest BCUT2D eigenvalue weighted by Crippen LogP contribution is -2.39. The summed E-state index contributed by atoms with van der Waals surface area (Å²) in [6.45, 7) is -0.397.